The molecule has 0 aliphatic carbocycles. The third-order valence-corrected chi connectivity index (χ3v) is 4.47. The van der Waals surface area contributed by atoms with Crippen LogP contribution in [0.4, 0.5) is 0 Å². The highest BCUT2D eigenvalue weighted by molar-refractivity contribution is 5.92. The molecule has 3 aromatic rings. The normalized spacial score (nSPS) is 10.9. The fourth-order valence-electron chi connectivity index (χ4n) is 3.23. The van der Waals surface area contributed by atoms with Gasteiger partial charge in [-0.2, -0.15) is 0 Å². The van der Waals surface area contributed by atoms with E-state index < -0.39 is 0 Å². The van der Waals surface area contributed by atoms with Crippen LogP contribution in [0.3, 0.4) is 0 Å². The molecule has 0 aliphatic rings. The molecule has 3 rings (SSSR count). The van der Waals surface area contributed by atoms with E-state index in [1.165, 1.54) is 0 Å². The molecule has 0 bridgehead atoms. The van der Waals surface area contributed by atoms with Gasteiger partial charge >= 0.3 is 0 Å². The van der Waals surface area contributed by atoms with Gasteiger partial charge in [0.1, 0.15) is 11.5 Å². The number of pyridine rings is 1. The molecule has 2 aromatic carbocycles. The van der Waals surface area contributed by atoms with Crippen LogP contribution >= 0.6 is 0 Å². The summed E-state index contributed by atoms with van der Waals surface area (Å²) in [6.07, 6.45) is 4.67. The second-order valence-electron chi connectivity index (χ2n) is 6.07. The van der Waals surface area contributed by atoms with E-state index in [-0.39, 0.29) is 11.5 Å². The minimum Gasteiger partial charge on any atom is -0.508 e. The van der Waals surface area contributed by atoms with Crippen molar-refractivity contribution in [3.8, 4) is 23.0 Å². The molecule has 0 amide bonds. The summed E-state index contributed by atoms with van der Waals surface area (Å²) in [6.45, 7) is 4.33. The van der Waals surface area contributed by atoms with Gasteiger partial charge in [-0.25, -0.2) is 0 Å². The van der Waals surface area contributed by atoms with Gasteiger partial charge in [-0.3, -0.25) is 4.98 Å². The van der Waals surface area contributed by atoms with Crippen molar-refractivity contribution in [3.63, 3.8) is 0 Å². The van der Waals surface area contributed by atoms with E-state index in [1.807, 2.05) is 26.0 Å². The molecule has 136 valence electrons. The molecule has 0 atom stereocenters. The molecule has 0 unspecified atom stereocenters. The standard InChI is InChI=1S/C21H23NO4/c1-4-15-18(23)9-13(10-20(15)25-3)8-14-11-22-12-17-16(14)6-7-19(21(17)24)26-5-2/h6-7,9-12,23-24H,4-5,8H2,1-3H3. The van der Waals surface area contributed by atoms with E-state index in [9.17, 15) is 10.2 Å². The lowest BCUT2D eigenvalue weighted by Crippen LogP contribution is -1.97. The van der Waals surface area contributed by atoms with Crippen LogP contribution in [0, 0.1) is 0 Å². The number of rotatable bonds is 6. The fraction of sp³-hybridized carbons (Fsp3) is 0.286. The van der Waals surface area contributed by atoms with Gasteiger partial charge in [0.05, 0.1) is 13.7 Å². The molecule has 0 saturated heterocycles. The lowest BCUT2D eigenvalue weighted by atomic mass is 9.98. The fourth-order valence-corrected chi connectivity index (χ4v) is 3.23. The van der Waals surface area contributed by atoms with Crippen molar-refractivity contribution in [3.05, 3.63) is 53.3 Å². The number of aromatic nitrogens is 1. The number of nitrogens with zero attached hydrogens (tertiary/aromatic N) is 1. The average Bonchev–Trinajstić information content (AvgIpc) is 2.64. The van der Waals surface area contributed by atoms with Crippen molar-refractivity contribution in [2.24, 2.45) is 0 Å². The van der Waals surface area contributed by atoms with Gasteiger partial charge in [0.15, 0.2) is 11.5 Å². The first-order valence-electron chi connectivity index (χ1n) is 8.69. The van der Waals surface area contributed by atoms with Crippen LogP contribution in [0.5, 0.6) is 23.0 Å². The summed E-state index contributed by atoms with van der Waals surface area (Å²) in [5, 5.41) is 22.3. The number of benzene rings is 2. The Morgan fingerprint density at radius 2 is 1.81 bits per heavy atom. The number of phenolic OH excluding ortho intramolecular Hbond substituents is 2. The lowest BCUT2D eigenvalue weighted by molar-refractivity contribution is 0.320. The van der Waals surface area contributed by atoms with Crippen molar-refractivity contribution >= 4 is 10.8 Å². The number of hydrogen-bond donors (Lipinski definition) is 2. The van der Waals surface area contributed by atoms with Gasteiger partial charge in [0.25, 0.3) is 0 Å². The molecule has 0 aliphatic heterocycles. The molecular formula is C21H23NO4. The number of methoxy groups -OCH3 is 1. The maximum absolute atomic E-state index is 10.4. The smallest absolute Gasteiger partial charge is 0.167 e. The van der Waals surface area contributed by atoms with Crippen LogP contribution in [0.25, 0.3) is 10.8 Å². The Kier molecular flexibility index (Phi) is 5.16. The number of fused-ring (bicyclic) bond motifs is 1. The van der Waals surface area contributed by atoms with Crippen molar-refractivity contribution in [2.75, 3.05) is 13.7 Å². The Morgan fingerprint density at radius 3 is 2.50 bits per heavy atom. The number of hydrogen-bond acceptors (Lipinski definition) is 5. The summed E-state index contributed by atoms with van der Waals surface area (Å²) in [5.74, 6) is 1.46. The Bertz CT molecular complexity index is 937. The third-order valence-electron chi connectivity index (χ3n) is 4.47. The van der Waals surface area contributed by atoms with Crippen molar-refractivity contribution in [2.45, 2.75) is 26.7 Å². The monoisotopic (exact) mass is 353 g/mol. The molecule has 5 heteroatoms. The first kappa shape index (κ1) is 17.9. The van der Waals surface area contributed by atoms with E-state index in [0.717, 1.165) is 22.1 Å². The van der Waals surface area contributed by atoms with E-state index in [2.05, 4.69) is 4.98 Å². The second kappa shape index (κ2) is 7.52. The predicted molar refractivity (Wildman–Crippen MR) is 101 cm³/mol. The number of ether oxygens (including phenoxy) is 2. The summed E-state index contributed by atoms with van der Waals surface area (Å²) >= 11 is 0. The molecule has 0 radical (unpaired) electrons. The zero-order valence-electron chi connectivity index (χ0n) is 15.2. The molecule has 5 nitrogen and oxygen atoms in total. The first-order chi connectivity index (χ1) is 12.6. The van der Waals surface area contributed by atoms with Crippen molar-refractivity contribution in [1.29, 1.82) is 0 Å². The first-order valence-corrected chi connectivity index (χ1v) is 8.69. The van der Waals surface area contributed by atoms with E-state index in [4.69, 9.17) is 9.47 Å². The minimum atomic E-state index is 0.0976. The van der Waals surface area contributed by atoms with E-state index >= 15 is 0 Å². The van der Waals surface area contributed by atoms with Crippen LogP contribution in [0.2, 0.25) is 0 Å². The van der Waals surface area contributed by atoms with Crippen molar-refractivity contribution in [1.82, 2.24) is 4.98 Å². The van der Waals surface area contributed by atoms with Gasteiger partial charge in [0.2, 0.25) is 0 Å². The second-order valence-corrected chi connectivity index (χ2v) is 6.07. The van der Waals surface area contributed by atoms with Gasteiger partial charge in [-0.15, -0.1) is 0 Å². The predicted octanol–water partition coefficient (Wildman–Crippen LogP) is 4.21. The molecule has 0 saturated carbocycles. The molecule has 0 fully saturated rings. The topological polar surface area (TPSA) is 71.8 Å². The number of aromatic hydroxyl groups is 2. The van der Waals surface area contributed by atoms with Gasteiger partial charge in [-0.05, 0) is 54.5 Å². The van der Waals surface area contributed by atoms with Crippen LogP contribution in [0.1, 0.15) is 30.5 Å². The summed E-state index contributed by atoms with van der Waals surface area (Å²) in [7, 11) is 1.60. The largest absolute Gasteiger partial charge is 0.508 e. The number of phenols is 2. The van der Waals surface area contributed by atoms with Crippen LogP contribution in [0.15, 0.2) is 36.7 Å². The Labute approximate surface area is 152 Å². The van der Waals surface area contributed by atoms with Crippen LogP contribution < -0.4 is 9.47 Å². The maximum Gasteiger partial charge on any atom is 0.167 e. The molecule has 1 heterocycles. The molecule has 2 N–H and O–H groups in total. The van der Waals surface area contributed by atoms with Crippen LogP contribution in [-0.2, 0) is 12.8 Å². The quantitative estimate of drug-likeness (QED) is 0.695. The lowest BCUT2D eigenvalue weighted by Gasteiger charge is -2.14. The Hall–Kier alpha value is -2.95. The maximum atomic E-state index is 10.4. The van der Waals surface area contributed by atoms with Crippen LogP contribution in [-0.4, -0.2) is 28.9 Å². The van der Waals surface area contributed by atoms with E-state index in [0.29, 0.717) is 36.3 Å². The Morgan fingerprint density at radius 1 is 1.00 bits per heavy atom. The van der Waals surface area contributed by atoms with Gasteiger partial charge in [0, 0.05) is 23.3 Å². The SMILES string of the molecule is CCOc1ccc2c(Cc3cc(O)c(CC)c(OC)c3)cncc2c1O. The van der Waals surface area contributed by atoms with Gasteiger partial charge < -0.3 is 19.7 Å². The Balaban J connectivity index is 2.04. The average molecular weight is 353 g/mol. The summed E-state index contributed by atoms with van der Waals surface area (Å²) in [6, 6.07) is 7.39. The van der Waals surface area contributed by atoms with Gasteiger partial charge in [-0.1, -0.05) is 13.0 Å². The zero-order chi connectivity index (χ0) is 18.7. The highest BCUT2D eigenvalue weighted by Crippen LogP contribution is 2.37. The summed E-state index contributed by atoms with van der Waals surface area (Å²) in [5.41, 5.74) is 2.66. The molecule has 1 aromatic heterocycles. The molecule has 26 heavy (non-hydrogen) atoms. The third kappa shape index (κ3) is 3.25. The molecule has 0 spiro atoms. The molecular weight excluding hydrogens is 330 g/mol. The summed E-state index contributed by atoms with van der Waals surface area (Å²) < 4.78 is 10.9. The van der Waals surface area contributed by atoms with Crippen molar-refractivity contribution < 1.29 is 19.7 Å². The van der Waals surface area contributed by atoms with E-state index in [1.54, 1.807) is 31.6 Å². The summed E-state index contributed by atoms with van der Waals surface area (Å²) in [4.78, 5) is 4.26. The minimum absolute atomic E-state index is 0.0976. The highest BCUT2D eigenvalue weighted by atomic mass is 16.5. The zero-order valence-corrected chi connectivity index (χ0v) is 15.2. The highest BCUT2D eigenvalue weighted by Gasteiger charge is 2.13.